The number of nitro groups is 1. The molecule has 33 heavy (non-hydrogen) atoms. The first-order chi connectivity index (χ1) is 15.8. The van der Waals surface area contributed by atoms with Gasteiger partial charge in [0, 0.05) is 24.4 Å². The lowest BCUT2D eigenvalue weighted by atomic mass is 10.1. The molecular formula is C23H25N5O4S. The van der Waals surface area contributed by atoms with Crippen LogP contribution >= 0.6 is 11.8 Å². The zero-order valence-electron chi connectivity index (χ0n) is 18.6. The van der Waals surface area contributed by atoms with Crippen molar-refractivity contribution < 1.29 is 14.5 Å². The van der Waals surface area contributed by atoms with Crippen LogP contribution in [0, 0.1) is 24.0 Å². The monoisotopic (exact) mass is 467 g/mol. The van der Waals surface area contributed by atoms with Crippen LogP contribution in [0.3, 0.4) is 0 Å². The van der Waals surface area contributed by atoms with E-state index in [-0.39, 0.29) is 23.5 Å². The number of carbonyl (C=O) groups excluding carboxylic acids is 1. The van der Waals surface area contributed by atoms with Gasteiger partial charge in [0.15, 0.2) is 17.1 Å². The van der Waals surface area contributed by atoms with Gasteiger partial charge in [0.05, 0.1) is 10.7 Å². The molecule has 0 aliphatic heterocycles. The Morgan fingerprint density at radius 2 is 2.09 bits per heavy atom. The first kappa shape index (κ1) is 24.0. The van der Waals surface area contributed by atoms with E-state index < -0.39 is 4.92 Å². The van der Waals surface area contributed by atoms with Gasteiger partial charge in [-0.3, -0.25) is 19.5 Å². The summed E-state index contributed by atoms with van der Waals surface area (Å²) in [5, 5.41) is 22.6. The molecule has 1 heterocycles. The van der Waals surface area contributed by atoms with E-state index >= 15 is 0 Å². The second-order valence-electron chi connectivity index (χ2n) is 7.41. The van der Waals surface area contributed by atoms with Crippen LogP contribution in [-0.2, 0) is 11.3 Å². The lowest BCUT2D eigenvalue weighted by Gasteiger charge is -2.17. The highest BCUT2D eigenvalue weighted by Crippen LogP contribution is 2.27. The summed E-state index contributed by atoms with van der Waals surface area (Å²) in [6.45, 7) is 10.2. The molecule has 0 bridgehead atoms. The van der Waals surface area contributed by atoms with Gasteiger partial charge in [-0.1, -0.05) is 41.6 Å². The summed E-state index contributed by atoms with van der Waals surface area (Å²) in [4.78, 5) is 22.8. The van der Waals surface area contributed by atoms with Crippen molar-refractivity contribution in [2.24, 2.45) is 0 Å². The molecule has 0 saturated heterocycles. The van der Waals surface area contributed by atoms with Crippen molar-refractivity contribution in [3.05, 3.63) is 82.2 Å². The second kappa shape index (κ2) is 10.8. The summed E-state index contributed by atoms with van der Waals surface area (Å²) >= 11 is 1.21. The van der Waals surface area contributed by atoms with E-state index in [9.17, 15) is 14.9 Å². The molecule has 0 radical (unpaired) electrons. The van der Waals surface area contributed by atoms with Crippen LogP contribution in [0.1, 0.15) is 30.0 Å². The number of rotatable bonds is 10. The average Bonchev–Trinajstić information content (AvgIpc) is 3.17. The molecule has 0 aliphatic carbocycles. The van der Waals surface area contributed by atoms with Gasteiger partial charge < -0.3 is 10.1 Å². The molecule has 0 spiro atoms. The van der Waals surface area contributed by atoms with Crippen LogP contribution in [0.4, 0.5) is 11.4 Å². The minimum absolute atomic E-state index is 0.0598. The van der Waals surface area contributed by atoms with Gasteiger partial charge in [0.25, 0.3) is 5.69 Å². The number of nitrogens with zero attached hydrogens (tertiary/aromatic N) is 4. The Hall–Kier alpha value is -3.66. The second-order valence-corrected chi connectivity index (χ2v) is 8.36. The predicted octanol–water partition coefficient (Wildman–Crippen LogP) is 4.86. The molecule has 172 valence electrons. The van der Waals surface area contributed by atoms with Crippen LogP contribution < -0.4 is 10.1 Å². The fourth-order valence-electron chi connectivity index (χ4n) is 3.21. The van der Waals surface area contributed by atoms with E-state index in [4.69, 9.17) is 4.74 Å². The SMILES string of the molecule is C=CCn1c(SCC(=O)Nc2cccc([N+](=O)[O-])c2)nnc1C(C)Oc1ccc(C)cc1C. The van der Waals surface area contributed by atoms with Crippen LogP contribution in [0.15, 0.2) is 60.3 Å². The van der Waals surface area contributed by atoms with Crippen molar-refractivity contribution in [1.29, 1.82) is 0 Å². The molecule has 10 heteroatoms. The number of allylic oxidation sites excluding steroid dienone is 1. The molecule has 3 aromatic rings. The third-order valence-electron chi connectivity index (χ3n) is 4.73. The number of hydrogen-bond acceptors (Lipinski definition) is 7. The average molecular weight is 468 g/mol. The molecule has 0 saturated carbocycles. The number of non-ortho nitro benzene ring substituents is 1. The molecule has 9 nitrogen and oxygen atoms in total. The van der Waals surface area contributed by atoms with Gasteiger partial charge >= 0.3 is 0 Å². The number of thioether (sulfide) groups is 1. The maximum Gasteiger partial charge on any atom is 0.271 e. The molecule has 2 aromatic carbocycles. The number of aryl methyl sites for hydroxylation is 2. The van der Waals surface area contributed by atoms with Crippen molar-refractivity contribution in [3.63, 3.8) is 0 Å². The lowest BCUT2D eigenvalue weighted by molar-refractivity contribution is -0.384. The minimum atomic E-state index is -0.509. The van der Waals surface area contributed by atoms with Crippen LogP contribution in [0.25, 0.3) is 0 Å². The maximum atomic E-state index is 12.4. The Labute approximate surface area is 196 Å². The number of carbonyl (C=O) groups is 1. The molecular weight excluding hydrogens is 442 g/mol. The molecule has 1 unspecified atom stereocenters. The summed E-state index contributed by atoms with van der Waals surface area (Å²) in [5.41, 5.74) is 2.46. The van der Waals surface area contributed by atoms with Crippen molar-refractivity contribution in [3.8, 4) is 5.75 Å². The first-order valence-corrected chi connectivity index (χ1v) is 11.2. The smallest absolute Gasteiger partial charge is 0.271 e. The Kier molecular flexibility index (Phi) is 7.83. The number of benzene rings is 2. The summed E-state index contributed by atoms with van der Waals surface area (Å²) in [7, 11) is 0. The third-order valence-corrected chi connectivity index (χ3v) is 5.69. The number of nitro benzene ring substituents is 1. The Balaban J connectivity index is 1.68. The molecule has 1 atom stereocenters. The van der Waals surface area contributed by atoms with Crippen molar-refractivity contribution >= 4 is 29.0 Å². The molecule has 0 aliphatic rings. The van der Waals surface area contributed by atoms with Gasteiger partial charge in [-0.25, -0.2) is 0 Å². The topological polar surface area (TPSA) is 112 Å². The van der Waals surface area contributed by atoms with Crippen molar-refractivity contribution in [2.75, 3.05) is 11.1 Å². The Morgan fingerprint density at radius 1 is 1.30 bits per heavy atom. The number of ether oxygens (including phenoxy) is 1. The number of anilines is 1. The molecule has 1 aromatic heterocycles. The summed E-state index contributed by atoms with van der Waals surface area (Å²) in [6, 6.07) is 11.8. The van der Waals surface area contributed by atoms with E-state index in [1.54, 1.807) is 12.1 Å². The minimum Gasteiger partial charge on any atom is -0.482 e. The highest BCUT2D eigenvalue weighted by Gasteiger charge is 2.20. The lowest BCUT2D eigenvalue weighted by Crippen LogP contribution is -2.15. The summed E-state index contributed by atoms with van der Waals surface area (Å²) in [5.74, 6) is 1.14. The van der Waals surface area contributed by atoms with Crippen LogP contribution in [-0.4, -0.2) is 31.3 Å². The largest absolute Gasteiger partial charge is 0.482 e. The van der Waals surface area contributed by atoms with E-state index in [0.29, 0.717) is 23.2 Å². The molecule has 1 amide bonds. The van der Waals surface area contributed by atoms with Crippen molar-refractivity contribution in [1.82, 2.24) is 14.8 Å². The fourth-order valence-corrected chi connectivity index (χ4v) is 3.96. The van der Waals surface area contributed by atoms with E-state index in [2.05, 4.69) is 28.2 Å². The quantitative estimate of drug-likeness (QED) is 0.196. The van der Waals surface area contributed by atoms with Gasteiger partial charge in [-0.15, -0.1) is 16.8 Å². The Bertz CT molecular complexity index is 1180. The summed E-state index contributed by atoms with van der Waals surface area (Å²) in [6.07, 6.45) is 1.36. The number of amides is 1. The van der Waals surface area contributed by atoms with E-state index in [1.165, 1.54) is 30.0 Å². The number of nitrogens with one attached hydrogen (secondary N) is 1. The zero-order chi connectivity index (χ0) is 24.0. The van der Waals surface area contributed by atoms with Crippen LogP contribution in [0.5, 0.6) is 5.75 Å². The molecule has 3 rings (SSSR count). The Morgan fingerprint density at radius 3 is 2.79 bits per heavy atom. The van der Waals surface area contributed by atoms with Gasteiger partial charge in [-0.2, -0.15) is 0 Å². The van der Waals surface area contributed by atoms with Gasteiger partial charge in [-0.05, 0) is 38.5 Å². The molecule has 1 N–H and O–H groups in total. The zero-order valence-corrected chi connectivity index (χ0v) is 19.5. The highest BCUT2D eigenvalue weighted by molar-refractivity contribution is 7.99. The third kappa shape index (κ3) is 6.19. The predicted molar refractivity (Wildman–Crippen MR) is 128 cm³/mol. The number of aromatic nitrogens is 3. The van der Waals surface area contributed by atoms with E-state index in [0.717, 1.165) is 16.9 Å². The first-order valence-electron chi connectivity index (χ1n) is 10.2. The van der Waals surface area contributed by atoms with Gasteiger partial charge in [0.2, 0.25) is 5.91 Å². The van der Waals surface area contributed by atoms with Crippen LogP contribution in [0.2, 0.25) is 0 Å². The van der Waals surface area contributed by atoms with Crippen molar-refractivity contribution in [2.45, 2.75) is 38.6 Å². The fraction of sp³-hybridized carbons (Fsp3) is 0.261. The number of hydrogen-bond donors (Lipinski definition) is 1. The maximum absolute atomic E-state index is 12.4. The normalized spacial score (nSPS) is 11.6. The highest BCUT2D eigenvalue weighted by atomic mass is 32.2. The summed E-state index contributed by atoms with van der Waals surface area (Å²) < 4.78 is 7.97. The van der Waals surface area contributed by atoms with Gasteiger partial charge in [0.1, 0.15) is 5.75 Å². The van der Waals surface area contributed by atoms with E-state index in [1.807, 2.05) is 37.5 Å². The molecule has 0 fully saturated rings. The standard InChI is InChI=1S/C23H25N5O4S/c1-5-11-27-22(17(4)32-20-10-9-15(2)12-16(20)3)25-26-23(27)33-14-21(29)24-18-7-6-8-19(13-18)28(30)31/h5-10,12-13,17H,1,11,14H2,2-4H3,(H,24,29).